The van der Waals surface area contributed by atoms with Crippen LogP contribution in [0.5, 0.6) is 5.88 Å². The third-order valence-electron chi connectivity index (χ3n) is 3.79. The molecule has 0 radical (unpaired) electrons. The number of rotatable bonds is 3. The molecule has 0 unspecified atom stereocenters. The Hall–Kier alpha value is -3.56. The summed E-state index contributed by atoms with van der Waals surface area (Å²) in [7, 11) is 4.20. The smallest absolute Gasteiger partial charge is 0.332 e. The van der Waals surface area contributed by atoms with E-state index in [2.05, 4.69) is 9.97 Å². The summed E-state index contributed by atoms with van der Waals surface area (Å²) in [5.41, 5.74) is -0.356. The van der Waals surface area contributed by atoms with E-state index in [0.717, 1.165) is 4.57 Å². The van der Waals surface area contributed by atoms with Gasteiger partial charge in [-0.2, -0.15) is 4.98 Å². The Morgan fingerprint density at radius 1 is 1.08 bits per heavy atom. The van der Waals surface area contributed by atoms with E-state index in [1.165, 1.54) is 50.0 Å². The topological polar surface area (TPSA) is 122 Å². The summed E-state index contributed by atoms with van der Waals surface area (Å²) in [5, 5.41) is 10.8. The van der Waals surface area contributed by atoms with Gasteiger partial charge in [0.25, 0.3) is 11.2 Å². The van der Waals surface area contributed by atoms with E-state index in [1.54, 1.807) is 0 Å². The summed E-state index contributed by atoms with van der Waals surface area (Å²) >= 11 is 0. The van der Waals surface area contributed by atoms with Crippen LogP contribution < -0.4 is 16.0 Å². The van der Waals surface area contributed by atoms with Gasteiger partial charge in [-0.25, -0.2) is 9.78 Å². The summed E-state index contributed by atoms with van der Waals surface area (Å²) in [6.07, 6.45) is 0. The zero-order chi connectivity index (χ0) is 18.3. The zero-order valence-electron chi connectivity index (χ0n) is 13.6. The molecule has 3 rings (SSSR count). The molecule has 0 bridgehead atoms. The van der Waals surface area contributed by atoms with Crippen molar-refractivity contribution >= 4 is 16.9 Å². The van der Waals surface area contributed by atoms with E-state index >= 15 is 0 Å². The van der Waals surface area contributed by atoms with Gasteiger partial charge in [-0.05, 0) is 12.1 Å². The van der Waals surface area contributed by atoms with Gasteiger partial charge in [0.15, 0.2) is 11.2 Å². The highest BCUT2D eigenvalue weighted by atomic mass is 16.6. The van der Waals surface area contributed by atoms with Crippen molar-refractivity contribution in [2.45, 2.75) is 0 Å². The lowest BCUT2D eigenvalue weighted by molar-refractivity contribution is -0.384. The van der Waals surface area contributed by atoms with Gasteiger partial charge in [0.1, 0.15) is 5.69 Å². The van der Waals surface area contributed by atoms with Crippen LogP contribution in [0.25, 0.3) is 22.4 Å². The molecule has 10 heteroatoms. The fourth-order valence-electron chi connectivity index (χ4n) is 2.42. The average Bonchev–Trinajstić information content (AvgIpc) is 2.63. The monoisotopic (exact) mass is 343 g/mol. The number of fused-ring (bicyclic) bond motifs is 1. The first-order valence-electron chi connectivity index (χ1n) is 7.11. The molecule has 0 N–H and O–H groups in total. The highest BCUT2D eigenvalue weighted by molar-refractivity contribution is 5.76. The minimum Gasteiger partial charge on any atom is -0.479 e. The molecule has 0 saturated carbocycles. The van der Waals surface area contributed by atoms with E-state index in [-0.39, 0.29) is 28.4 Å². The third-order valence-corrected chi connectivity index (χ3v) is 3.79. The van der Waals surface area contributed by atoms with Gasteiger partial charge in [0.05, 0.1) is 12.0 Å². The van der Waals surface area contributed by atoms with E-state index in [9.17, 15) is 19.7 Å². The van der Waals surface area contributed by atoms with Gasteiger partial charge in [-0.1, -0.05) is 0 Å². The van der Waals surface area contributed by atoms with Crippen LogP contribution in [0.2, 0.25) is 0 Å². The van der Waals surface area contributed by atoms with Crippen LogP contribution in [-0.2, 0) is 14.1 Å². The van der Waals surface area contributed by atoms with E-state index in [0.29, 0.717) is 5.56 Å². The summed E-state index contributed by atoms with van der Waals surface area (Å²) in [6.45, 7) is 0. The van der Waals surface area contributed by atoms with E-state index in [4.69, 9.17) is 4.74 Å². The number of benzene rings is 1. The van der Waals surface area contributed by atoms with Crippen molar-refractivity contribution in [2.75, 3.05) is 7.11 Å². The van der Waals surface area contributed by atoms with Crippen LogP contribution >= 0.6 is 0 Å². The van der Waals surface area contributed by atoms with Crippen molar-refractivity contribution in [3.63, 3.8) is 0 Å². The van der Waals surface area contributed by atoms with E-state index < -0.39 is 16.2 Å². The quantitative estimate of drug-likeness (QED) is 0.504. The van der Waals surface area contributed by atoms with Gasteiger partial charge in [-0.15, -0.1) is 0 Å². The molecule has 2 aromatic heterocycles. The van der Waals surface area contributed by atoms with Crippen LogP contribution in [0.15, 0.2) is 33.9 Å². The summed E-state index contributed by atoms with van der Waals surface area (Å²) < 4.78 is 7.35. The van der Waals surface area contributed by atoms with Crippen LogP contribution in [0.4, 0.5) is 5.69 Å². The van der Waals surface area contributed by atoms with E-state index in [1.807, 2.05) is 0 Å². The van der Waals surface area contributed by atoms with Crippen molar-refractivity contribution < 1.29 is 9.66 Å². The van der Waals surface area contributed by atoms with Crippen molar-refractivity contribution in [2.24, 2.45) is 14.1 Å². The minimum atomic E-state index is -0.587. The fraction of sp³-hybridized carbons (Fsp3) is 0.200. The number of aromatic nitrogens is 4. The molecule has 3 aromatic rings. The molecule has 0 fully saturated rings. The molecule has 10 nitrogen and oxygen atoms in total. The molecular formula is C15H13N5O5. The van der Waals surface area contributed by atoms with Crippen molar-refractivity contribution in [3.8, 4) is 17.1 Å². The Bertz CT molecular complexity index is 1110. The largest absolute Gasteiger partial charge is 0.479 e. The Morgan fingerprint density at radius 3 is 2.28 bits per heavy atom. The second-order valence-electron chi connectivity index (χ2n) is 5.26. The lowest BCUT2D eigenvalue weighted by Crippen LogP contribution is -2.37. The molecule has 0 saturated heterocycles. The normalized spacial score (nSPS) is 10.8. The maximum atomic E-state index is 12.3. The van der Waals surface area contributed by atoms with Gasteiger partial charge < -0.3 is 4.74 Å². The molecule has 0 aliphatic rings. The lowest BCUT2D eigenvalue weighted by atomic mass is 10.1. The maximum Gasteiger partial charge on any atom is 0.332 e. The SMILES string of the molecule is COc1nc2c(nc1-c1ccc([N+](=O)[O-])cc1)c(=O)n(C)c(=O)n2C. The molecule has 25 heavy (non-hydrogen) atoms. The molecule has 0 aliphatic carbocycles. The van der Waals surface area contributed by atoms with Gasteiger partial charge in [0, 0.05) is 31.8 Å². The number of hydrogen-bond acceptors (Lipinski definition) is 7. The molecule has 128 valence electrons. The third kappa shape index (κ3) is 2.53. The zero-order valence-corrected chi connectivity index (χ0v) is 13.6. The predicted molar refractivity (Wildman–Crippen MR) is 88.7 cm³/mol. The molecule has 0 spiro atoms. The first-order valence-corrected chi connectivity index (χ1v) is 7.11. The van der Waals surface area contributed by atoms with Gasteiger partial charge >= 0.3 is 5.69 Å². The average molecular weight is 343 g/mol. The summed E-state index contributed by atoms with van der Waals surface area (Å²) in [5.74, 6) is 0.101. The second kappa shape index (κ2) is 5.82. The summed E-state index contributed by atoms with van der Waals surface area (Å²) in [4.78, 5) is 43.1. The number of nitro groups is 1. The summed E-state index contributed by atoms with van der Waals surface area (Å²) in [6, 6.07) is 5.62. The van der Waals surface area contributed by atoms with Crippen molar-refractivity contribution in [1.29, 1.82) is 0 Å². The second-order valence-corrected chi connectivity index (χ2v) is 5.26. The Balaban J connectivity index is 2.33. The number of aryl methyl sites for hydroxylation is 1. The number of non-ortho nitro benzene ring substituents is 1. The highest BCUT2D eigenvalue weighted by Gasteiger charge is 2.18. The number of nitrogens with zero attached hydrogens (tertiary/aromatic N) is 5. The number of methoxy groups -OCH3 is 1. The van der Waals surface area contributed by atoms with Crippen LogP contribution in [0.3, 0.4) is 0 Å². The molecule has 0 aliphatic heterocycles. The predicted octanol–water partition coefficient (Wildman–Crippen LogP) is 0.611. The highest BCUT2D eigenvalue weighted by Crippen LogP contribution is 2.28. The van der Waals surface area contributed by atoms with Crippen LogP contribution in [-0.4, -0.2) is 31.1 Å². The molecule has 0 atom stereocenters. The van der Waals surface area contributed by atoms with Crippen LogP contribution in [0.1, 0.15) is 0 Å². The van der Waals surface area contributed by atoms with Gasteiger partial charge in [-0.3, -0.25) is 24.0 Å². The number of nitro benzene ring substituents is 1. The molecule has 0 amide bonds. The minimum absolute atomic E-state index is 0.00115. The number of ether oxygens (including phenoxy) is 1. The van der Waals surface area contributed by atoms with Crippen LogP contribution in [0, 0.1) is 10.1 Å². The lowest BCUT2D eigenvalue weighted by Gasteiger charge is -2.11. The standard InChI is InChI=1S/C15H13N5O5/c1-18-12-11(14(21)19(2)15(18)22)16-10(13(17-12)25-3)8-4-6-9(7-5-8)20(23)24/h4-7H,1-3H3. The first-order chi connectivity index (χ1) is 11.8. The molecule has 2 heterocycles. The molecular weight excluding hydrogens is 330 g/mol. The van der Waals surface area contributed by atoms with Crippen molar-refractivity contribution in [3.05, 3.63) is 55.2 Å². The molecule has 1 aromatic carbocycles. The Labute approximate surface area is 140 Å². The Kier molecular flexibility index (Phi) is 3.79. The van der Waals surface area contributed by atoms with Gasteiger partial charge in [0.2, 0.25) is 5.88 Å². The fourth-order valence-corrected chi connectivity index (χ4v) is 2.42. The maximum absolute atomic E-state index is 12.3. The Morgan fingerprint density at radius 2 is 1.72 bits per heavy atom. The first kappa shape index (κ1) is 16.3. The number of hydrogen-bond donors (Lipinski definition) is 0. The van der Waals surface area contributed by atoms with Crippen molar-refractivity contribution in [1.82, 2.24) is 19.1 Å².